The van der Waals surface area contributed by atoms with Crippen molar-refractivity contribution in [1.82, 2.24) is 19.5 Å². The molecule has 164 valence electrons. The van der Waals surface area contributed by atoms with Crippen LogP contribution < -0.4 is 10.9 Å². The molecule has 2 aromatic rings. The summed E-state index contributed by atoms with van der Waals surface area (Å²) in [6.07, 6.45) is -4.57. The van der Waals surface area contributed by atoms with E-state index in [1.54, 1.807) is 0 Å². The molecule has 2 aromatic heterocycles. The van der Waals surface area contributed by atoms with Gasteiger partial charge in [0.25, 0.3) is 5.56 Å². The molecule has 2 aliphatic heterocycles. The minimum Gasteiger partial charge on any atom is -0.454 e. The van der Waals surface area contributed by atoms with Gasteiger partial charge in [-0.1, -0.05) is 0 Å². The highest BCUT2D eigenvalue weighted by Crippen LogP contribution is 2.40. The quantitative estimate of drug-likeness (QED) is 0.433. The summed E-state index contributed by atoms with van der Waals surface area (Å²) in [6, 6.07) is 0. The van der Waals surface area contributed by atoms with E-state index in [9.17, 15) is 24.0 Å². The van der Waals surface area contributed by atoms with Crippen molar-refractivity contribution in [3.63, 3.8) is 0 Å². The Morgan fingerprint density at radius 3 is 2.48 bits per heavy atom. The molecule has 0 spiro atoms. The van der Waals surface area contributed by atoms with Crippen LogP contribution in [0.4, 0.5) is 5.95 Å². The van der Waals surface area contributed by atoms with Gasteiger partial charge in [-0.25, -0.2) is 9.78 Å². The maximum Gasteiger partial charge on any atom is 0.350 e. The Morgan fingerprint density at radius 2 is 1.84 bits per heavy atom. The average molecular weight is 435 g/mol. The molecule has 14 heteroatoms. The van der Waals surface area contributed by atoms with Gasteiger partial charge in [-0.2, -0.15) is 4.98 Å². The van der Waals surface area contributed by atoms with Crippen LogP contribution in [0.1, 0.15) is 27.0 Å². The number of aromatic nitrogens is 4. The van der Waals surface area contributed by atoms with Crippen LogP contribution in [0.5, 0.6) is 0 Å². The second-order valence-corrected chi connectivity index (χ2v) is 6.92. The Bertz CT molecular complexity index is 1150. The van der Waals surface area contributed by atoms with Crippen molar-refractivity contribution in [1.29, 1.82) is 0 Å². The molecule has 2 aliphatic rings. The first-order valence-corrected chi connectivity index (χ1v) is 9.10. The van der Waals surface area contributed by atoms with E-state index in [2.05, 4.69) is 20.3 Å². The van der Waals surface area contributed by atoms with Gasteiger partial charge in [-0.15, -0.1) is 0 Å². The number of nitrogens with one attached hydrogen (secondary N) is 2. The van der Waals surface area contributed by atoms with E-state index in [1.807, 2.05) is 0 Å². The number of hydrogen-bond donors (Lipinski definition) is 2. The summed E-state index contributed by atoms with van der Waals surface area (Å²) in [5, 5.41) is 2.35. The Balaban J connectivity index is 1.74. The molecule has 4 heterocycles. The lowest BCUT2D eigenvalue weighted by Crippen LogP contribution is -2.36. The van der Waals surface area contributed by atoms with Gasteiger partial charge in [0, 0.05) is 20.8 Å². The third-order valence-electron chi connectivity index (χ3n) is 4.61. The number of amides is 1. The number of hydrogen-bond acceptors (Lipinski definition) is 11. The molecular formula is C17H17N5O9. The summed E-state index contributed by atoms with van der Waals surface area (Å²) in [6.45, 7) is 3.53. The van der Waals surface area contributed by atoms with Crippen LogP contribution in [0.25, 0.3) is 11.2 Å². The van der Waals surface area contributed by atoms with Crippen molar-refractivity contribution in [2.24, 2.45) is 0 Å². The van der Waals surface area contributed by atoms with E-state index in [1.165, 1.54) is 17.8 Å². The zero-order valence-corrected chi connectivity index (χ0v) is 16.5. The van der Waals surface area contributed by atoms with E-state index in [0.717, 1.165) is 13.8 Å². The zero-order valence-electron chi connectivity index (χ0n) is 16.5. The fourth-order valence-corrected chi connectivity index (χ4v) is 3.58. The summed E-state index contributed by atoms with van der Waals surface area (Å²) in [5.74, 6) is -2.79. The third-order valence-corrected chi connectivity index (χ3v) is 4.61. The van der Waals surface area contributed by atoms with Gasteiger partial charge in [0.15, 0.2) is 29.6 Å². The SMILES string of the molecule is CC(=O)Nc1nc2ncn([C@H]3O[C@@H]4[C@H](OC(=O)[C@H]4OC(C)=O)[C@H]3OC(C)=O)c2c(=O)[nH]1. The molecule has 1 amide bonds. The van der Waals surface area contributed by atoms with Gasteiger partial charge in [0.2, 0.25) is 18.0 Å². The molecular weight excluding hydrogens is 418 g/mol. The van der Waals surface area contributed by atoms with Gasteiger partial charge in [0.05, 0.1) is 0 Å². The smallest absolute Gasteiger partial charge is 0.350 e. The highest BCUT2D eigenvalue weighted by atomic mass is 16.7. The Morgan fingerprint density at radius 1 is 1.13 bits per heavy atom. The molecule has 5 atom stereocenters. The van der Waals surface area contributed by atoms with Gasteiger partial charge < -0.3 is 18.9 Å². The molecule has 0 bridgehead atoms. The van der Waals surface area contributed by atoms with Gasteiger partial charge in [-0.3, -0.25) is 34.0 Å². The van der Waals surface area contributed by atoms with Crippen molar-refractivity contribution in [2.75, 3.05) is 5.32 Å². The van der Waals surface area contributed by atoms with E-state index < -0.39 is 60.0 Å². The number of H-pyrrole nitrogens is 1. The van der Waals surface area contributed by atoms with Gasteiger partial charge in [0.1, 0.15) is 12.4 Å². The van der Waals surface area contributed by atoms with E-state index in [-0.39, 0.29) is 17.1 Å². The lowest BCUT2D eigenvalue weighted by molar-refractivity contribution is -0.174. The Labute approximate surface area is 172 Å². The summed E-state index contributed by atoms with van der Waals surface area (Å²) in [5.41, 5.74) is -0.697. The maximum absolute atomic E-state index is 12.6. The molecule has 2 fully saturated rings. The first kappa shape index (κ1) is 20.5. The van der Waals surface area contributed by atoms with Crippen LogP contribution in [0.3, 0.4) is 0 Å². The number of rotatable bonds is 4. The number of carbonyl (C=O) groups is 4. The van der Waals surface area contributed by atoms with E-state index in [4.69, 9.17) is 18.9 Å². The fourth-order valence-electron chi connectivity index (χ4n) is 3.58. The van der Waals surface area contributed by atoms with E-state index >= 15 is 0 Å². The van der Waals surface area contributed by atoms with Crippen LogP contribution in [0, 0.1) is 0 Å². The summed E-state index contributed by atoms with van der Waals surface area (Å²) in [7, 11) is 0. The predicted octanol–water partition coefficient (Wildman–Crippen LogP) is -1.24. The summed E-state index contributed by atoms with van der Waals surface area (Å²) in [4.78, 5) is 69.5. The fraction of sp³-hybridized carbons (Fsp3) is 0.471. The maximum atomic E-state index is 12.6. The topological polar surface area (TPSA) is 181 Å². The minimum atomic E-state index is -1.36. The number of anilines is 1. The largest absolute Gasteiger partial charge is 0.454 e. The molecule has 14 nitrogen and oxygen atoms in total. The molecule has 31 heavy (non-hydrogen) atoms. The number of nitrogens with zero attached hydrogens (tertiary/aromatic N) is 3. The lowest BCUT2D eigenvalue weighted by Gasteiger charge is -2.22. The van der Waals surface area contributed by atoms with Crippen LogP contribution in [0.15, 0.2) is 11.1 Å². The standard InChI is InChI=1S/C17H17N5O9/c1-5(23)19-17-20-13-8(14(26)21-17)22(4-18-13)15-11(28-6(2)24)9-10(30-15)12(16(27)31-9)29-7(3)25/h4,9-12,15H,1-3H3,(H2,19,20,21,23,26)/t9-,10+,11+,12-,15-/m0/s1. The highest BCUT2D eigenvalue weighted by molar-refractivity contribution is 5.87. The third kappa shape index (κ3) is 3.61. The van der Waals surface area contributed by atoms with Crippen LogP contribution in [-0.4, -0.2) is 67.7 Å². The molecule has 2 N–H and O–H groups in total. The Hall–Kier alpha value is -3.81. The van der Waals surface area contributed by atoms with Crippen LogP contribution in [-0.2, 0) is 38.1 Å². The number of carbonyl (C=O) groups excluding carboxylic acids is 4. The van der Waals surface area contributed by atoms with Crippen molar-refractivity contribution in [3.05, 3.63) is 16.7 Å². The first-order valence-electron chi connectivity index (χ1n) is 9.10. The summed E-state index contributed by atoms with van der Waals surface area (Å²) < 4.78 is 22.7. The number of esters is 3. The van der Waals surface area contributed by atoms with Crippen LogP contribution in [0.2, 0.25) is 0 Å². The predicted molar refractivity (Wildman–Crippen MR) is 97.4 cm³/mol. The number of ether oxygens (including phenoxy) is 4. The number of fused-ring (bicyclic) bond motifs is 2. The normalized spacial score (nSPS) is 26.9. The van der Waals surface area contributed by atoms with Gasteiger partial charge in [-0.05, 0) is 0 Å². The van der Waals surface area contributed by atoms with Crippen molar-refractivity contribution < 1.29 is 38.1 Å². The van der Waals surface area contributed by atoms with Crippen molar-refractivity contribution in [3.8, 4) is 0 Å². The molecule has 0 saturated carbocycles. The number of imidazole rings is 1. The zero-order chi connectivity index (χ0) is 22.4. The highest BCUT2D eigenvalue weighted by Gasteiger charge is 2.61. The van der Waals surface area contributed by atoms with Crippen LogP contribution >= 0.6 is 0 Å². The monoisotopic (exact) mass is 435 g/mol. The Kier molecular flexibility index (Phi) is 4.93. The first-order chi connectivity index (χ1) is 14.7. The lowest BCUT2D eigenvalue weighted by atomic mass is 10.1. The molecule has 0 unspecified atom stereocenters. The van der Waals surface area contributed by atoms with Gasteiger partial charge >= 0.3 is 17.9 Å². The van der Waals surface area contributed by atoms with Crippen molar-refractivity contribution >= 4 is 40.9 Å². The second kappa shape index (κ2) is 7.46. The molecule has 4 rings (SSSR count). The second-order valence-electron chi connectivity index (χ2n) is 6.92. The molecule has 2 saturated heterocycles. The molecule has 0 aliphatic carbocycles. The molecule has 0 aromatic carbocycles. The van der Waals surface area contributed by atoms with Crippen molar-refractivity contribution in [2.45, 2.75) is 51.4 Å². The average Bonchev–Trinajstić information content (AvgIpc) is 3.29. The number of aromatic amines is 1. The van der Waals surface area contributed by atoms with E-state index in [0.29, 0.717) is 0 Å². The summed E-state index contributed by atoms with van der Waals surface area (Å²) >= 11 is 0. The molecule has 0 radical (unpaired) electrons. The minimum absolute atomic E-state index is 0.0109.